The number of aromatic nitrogens is 3. The number of hydrogen-bond donors (Lipinski definition) is 2. The van der Waals surface area contributed by atoms with Crippen molar-refractivity contribution >= 4 is 33.1 Å². The second-order valence-electron chi connectivity index (χ2n) is 9.33. The Bertz CT molecular complexity index is 1760. The normalized spacial score (nSPS) is 13.8. The molecule has 202 valence electrons. The van der Waals surface area contributed by atoms with Crippen LogP contribution in [0.2, 0.25) is 0 Å². The fraction of sp³-hybridized carbons (Fsp3) is 0.172. The van der Waals surface area contributed by atoms with Crippen LogP contribution in [0, 0.1) is 11.6 Å². The Balaban J connectivity index is 1.20. The lowest BCUT2D eigenvalue weighted by molar-refractivity contribution is 0.102. The predicted molar refractivity (Wildman–Crippen MR) is 149 cm³/mol. The minimum absolute atomic E-state index is 0.0150. The molecule has 6 rings (SSSR count). The van der Waals surface area contributed by atoms with E-state index in [2.05, 4.69) is 26.7 Å². The molecule has 8 nitrogen and oxygen atoms in total. The van der Waals surface area contributed by atoms with Crippen molar-refractivity contribution in [2.45, 2.75) is 18.8 Å². The summed E-state index contributed by atoms with van der Waals surface area (Å²) in [6.07, 6.45) is 6.41. The number of nitrogens with one attached hydrogen (secondary N) is 2. The van der Waals surface area contributed by atoms with Crippen LogP contribution in [0.5, 0.6) is 11.5 Å². The van der Waals surface area contributed by atoms with Gasteiger partial charge in [-0.15, -0.1) is 11.3 Å². The van der Waals surface area contributed by atoms with E-state index in [9.17, 15) is 14.0 Å². The van der Waals surface area contributed by atoms with Gasteiger partial charge in [-0.1, -0.05) is 0 Å². The first-order valence-corrected chi connectivity index (χ1v) is 13.5. The minimum Gasteiger partial charge on any atom is -0.453 e. The van der Waals surface area contributed by atoms with E-state index in [0.29, 0.717) is 17.4 Å². The number of hydrogen-bond acceptors (Lipinski definition) is 7. The van der Waals surface area contributed by atoms with E-state index >= 15 is 4.39 Å². The number of piperidine rings is 1. The van der Waals surface area contributed by atoms with Crippen LogP contribution < -0.4 is 20.9 Å². The number of carbonyl (C=O) groups is 1. The fourth-order valence-corrected chi connectivity index (χ4v) is 5.90. The highest BCUT2D eigenvalue weighted by Crippen LogP contribution is 2.40. The molecule has 0 saturated carbocycles. The lowest BCUT2D eigenvalue weighted by Crippen LogP contribution is -2.29. The molecule has 1 amide bonds. The van der Waals surface area contributed by atoms with Gasteiger partial charge in [-0.25, -0.2) is 13.8 Å². The molecule has 4 heterocycles. The van der Waals surface area contributed by atoms with Crippen molar-refractivity contribution < 1.29 is 18.3 Å². The number of fused-ring (bicyclic) bond motifs is 1. The van der Waals surface area contributed by atoms with Crippen LogP contribution in [0.25, 0.3) is 15.9 Å². The second kappa shape index (κ2) is 10.9. The molecule has 1 fully saturated rings. The van der Waals surface area contributed by atoms with Crippen molar-refractivity contribution in [1.82, 2.24) is 19.9 Å². The van der Waals surface area contributed by atoms with E-state index < -0.39 is 28.8 Å². The molecule has 0 atom stereocenters. The Labute approximate surface area is 231 Å². The number of pyridine rings is 1. The SMILES string of the molecule is O=C(Nc1ccc(Oc2ccnc3cc(C4CCNCC4)sc23)c(F)c1)c1nccn(-c2ccc(F)cc2)c1=O. The van der Waals surface area contributed by atoms with Gasteiger partial charge in [0, 0.05) is 47.0 Å². The summed E-state index contributed by atoms with van der Waals surface area (Å²) in [5.74, 6) is -1.01. The Kier molecular flexibility index (Phi) is 7.06. The van der Waals surface area contributed by atoms with Gasteiger partial charge in [0.25, 0.3) is 11.5 Å². The molecule has 0 aliphatic carbocycles. The number of halogens is 2. The summed E-state index contributed by atoms with van der Waals surface area (Å²) in [6, 6.07) is 13.0. The van der Waals surface area contributed by atoms with E-state index in [4.69, 9.17) is 4.74 Å². The van der Waals surface area contributed by atoms with Crippen LogP contribution in [-0.2, 0) is 0 Å². The second-order valence-corrected chi connectivity index (χ2v) is 10.4. The zero-order valence-electron chi connectivity index (χ0n) is 21.1. The van der Waals surface area contributed by atoms with Gasteiger partial charge in [0.15, 0.2) is 17.3 Å². The van der Waals surface area contributed by atoms with Crippen LogP contribution in [0.15, 0.2) is 78.0 Å². The highest BCUT2D eigenvalue weighted by Gasteiger charge is 2.20. The van der Waals surface area contributed by atoms with Crippen molar-refractivity contribution in [1.29, 1.82) is 0 Å². The molecule has 0 bridgehead atoms. The number of ether oxygens (including phenoxy) is 1. The maximum absolute atomic E-state index is 15.1. The van der Waals surface area contributed by atoms with Crippen molar-refractivity contribution in [3.8, 4) is 17.2 Å². The van der Waals surface area contributed by atoms with Gasteiger partial charge >= 0.3 is 0 Å². The largest absolute Gasteiger partial charge is 0.453 e. The van der Waals surface area contributed by atoms with Crippen LogP contribution in [0.1, 0.15) is 34.1 Å². The molecule has 1 aliphatic heterocycles. The summed E-state index contributed by atoms with van der Waals surface area (Å²) in [5, 5.41) is 5.88. The molecule has 1 saturated heterocycles. The van der Waals surface area contributed by atoms with Crippen molar-refractivity contribution in [3.63, 3.8) is 0 Å². The van der Waals surface area contributed by atoms with E-state index in [1.54, 1.807) is 23.6 Å². The predicted octanol–water partition coefficient (Wildman–Crippen LogP) is 5.63. The molecule has 1 aliphatic rings. The lowest BCUT2D eigenvalue weighted by atomic mass is 9.96. The van der Waals surface area contributed by atoms with Crippen LogP contribution in [0.3, 0.4) is 0 Å². The van der Waals surface area contributed by atoms with E-state index in [-0.39, 0.29) is 11.4 Å². The first-order chi connectivity index (χ1) is 19.5. The molecular weight excluding hydrogens is 536 g/mol. The Morgan fingerprint density at radius 3 is 2.58 bits per heavy atom. The monoisotopic (exact) mass is 559 g/mol. The zero-order valence-corrected chi connectivity index (χ0v) is 21.9. The van der Waals surface area contributed by atoms with E-state index in [1.807, 2.05) is 0 Å². The topological polar surface area (TPSA) is 98.1 Å². The number of carbonyl (C=O) groups excluding carboxylic acids is 1. The quantitative estimate of drug-likeness (QED) is 0.280. The average Bonchev–Trinajstić information content (AvgIpc) is 3.41. The molecule has 11 heteroatoms. The average molecular weight is 560 g/mol. The standard InChI is InChI=1S/C29H23F2N5O3S/c30-18-1-4-20(5-2-18)36-14-13-34-26(29(36)38)28(37)35-19-3-6-23(21(31)15-19)39-24-9-12-33-22-16-25(40-27(22)24)17-7-10-32-11-8-17/h1-6,9,12-17,32H,7-8,10-11H2,(H,35,37). The van der Waals surface area contributed by atoms with Crippen molar-refractivity contribution in [2.75, 3.05) is 18.4 Å². The van der Waals surface area contributed by atoms with Gasteiger partial charge in [0.2, 0.25) is 0 Å². The zero-order chi connectivity index (χ0) is 27.6. The minimum atomic E-state index is -0.811. The molecule has 0 unspecified atom stereocenters. The molecule has 3 aromatic heterocycles. The number of anilines is 1. The summed E-state index contributed by atoms with van der Waals surface area (Å²) < 4.78 is 36.3. The first-order valence-electron chi connectivity index (χ1n) is 12.7. The van der Waals surface area contributed by atoms with E-state index in [0.717, 1.165) is 42.2 Å². The summed E-state index contributed by atoms with van der Waals surface area (Å²) in [7, 11) is 0. The van der Waals surface area contributed by atoms with Crippen LogP contribution in [-0.4, -0.2) is 33.5 Å². The third kappa shape index (κ3) is 5.21. The number of nitrogens with zero attached hydrogens (tertiary/aromatic N) is 3. The molecule has 2 aromatic carbocycles. The molecule has 2 N–H and O–H groups in total. The highest BCUT2D eigenvalue weighted by atomic mass is 32.1. The van der Waals surface area contributed by atoms with Gasteiger partial charge < -0.3 is 15.4 Å². The van der Waals surface area contributed by atoms with Crippen LogP contribution >= 0.6 is 11.3 Å². The third-order valence-electron chi connectivity index (χ3n) is 6.71. The number of benzene rings is 2. The summed E-state index contributed by atoms with van der Waals surface area (Å²) in [6.45, 7) is 1.96. The summed E-state index contributed by atoms with van der Waals surface area (Å²) in [4.78, 5) is 35.3. The van der Waals surface area contributed by atoms with E-state index in [1.165, 1.54) is 58.2 Å². The van der Waals surface area contributed by atoms with Gasteiger partial charge in [-0.05, 0) is 74.3 Å². The molecule has 0 spiro atoms. The summed E-state index contributed by atoms with van der Waals surface area (Å²) in [5.41, 5.74) is 0.205. The van der Waals surface area contributed by atoms with Gasteiger partial charge in [-0.2, -0.15) is 0 Å². The van der Waals surface area contributed by atoms with Crippen molar-refractivity contribution in [3.05, 3.63) is 106 Å². The molecule has 5 aromatic rings. The van der Waals surface area contributed by atoms with Gasteiger partial charge in [-0.3, -0.25) is 19.1 Å². The summed E-state index contributed by atoms with van der Waals surface area (Å²) >= 11 is 1.61. The fourth-order valence-electron chi connectivity index (χ4n) is 4.66. The Morgan fingerprint density at radius 2 is 1.80 bits per heavy atom. The smallest absolute Gasteiger partial charge is 0.286 e. The number of rotatable bonds is 6. The van der Waals surface area contributed by atoms with Gasteiger partial charge in [0.1, 0.15) is 11.6 Å². The van der Waals surface area contributed by atoms with Gasteiger partial charge in [0.05, 0.1) is 10.2 Å². The van der Waals surface area contributed by atoms with Crippen molar-refractivity contribution in [2.24, 2.45) is 0 Å². The first kappa shape index (κ1) is 25.8. The maximum atomic E-state index is 15.1. The number of thiophene rings is 1. The molecular formula is C29H23F2N5O3S. The lowest BCUT2D eigenvalue weighted by Gasteiger charge is -2.21. The number of amides is 1. The third-order valence-corrected chi connectivity index (χ3v) is 8.01. The molecule has 0 radical (unpaired) electrons. The molecule has 40 heavy (non-hydrogen) atoms. The van der Waals surface area contributed by atoms with Crippen LogP contribution in [0.4, 0.5) is 14.5 Å². The highest BCUT2D eigenvalue weighted by molar-refractivity contribution is 7.19. The maximum Gasteiger partial charge on any atom is 0.286 e. The Morgan fingerprint density at radius 1 is 1.00 bits per heavy atom. The Hall–Kier alpha value is -4.48.